The molecule has 626 valence electrons. The van der Waals surface area contributed by atoms with Crippen molar-refractivity contribution in [2.75, 3.05) is 13.2 Å². The molecule has 9 nitrogen and oxygen atoms in total. The van der Waals surface area contributed by atoms with E-state index in [0.29, 0.717) is 19.3 Å². The van der Waals surface area contributed by atoms with Crippen LogP contribution in [0.15, 0.2) is 48.1 Å². The second kappa shape index (κ2) is 117. The number of rotatable bonds is 8. The number of hydrogen-bond acceptors (Lipinski definition) is 9. The van der Waals surface area contributed by atoms with Crippen molar-refractivity contribution in [2.45, 2.75) is 470 Å². The molecule has 0 heterocycles. The maximum atomic E-state index is 12.8. The molecule has 0 bridgehead atoms. The minimum absolute atomic E-state index is 0.0846. The number of allylic oxidation sites excluding steroid dienone is 5. The van der Waals surface area contributed by atoms with Gasteiger partial charge in [-0.2, -0.15) is 0 Å². The highest BCUT2D eigenvalue weighted by molar-refractivity contribution is 5.82. The summed E-state index contributed by atoms with van der Waals surface area (Å²) in [5, 5.41) is 35.7. The van der Waals surface area contributed by atoms with Crippen molar-refractivity contribution < 1.29 is 43.9 Å². The van der Waals surface area contributed by atoms with Gasteiger partial charge in [-0.25, -0.2) is 14.4 Å². The molecule has 0 radical (unpaired) electrons. The normalized spacial score (nSPS) is 24.3. The van der Waals surface area contributed by atoms with Crippen LogP contribution in [0.3, 0.4) is 0 Å². The van der Waals surface area contributed by atoms with Gasteiger partial charge in [-0.15, -0.1) is 0 Å². The lowest BCUT2D eigenvalue weighted by atomic mass is 9.33. The molecule has 0 saturated heterocycles. The standard InChI is InChI=1S/C42H62O9.C3H8.23C2H6/c1-10-13-32(44)49-24-39(7)28-18-21-40(8)29(38(28,6)20-19-31(39)51-34(46)15-12-3)17-16-26-27-22-37(4,5)35(47)36(48)42(27,25-50-33(45)14-11-2)30(43)23-41(26,40)9;1-3-2;23*1-2/h10-16,27-31,35-36,43,47-48H,17-25H2,1-9H3;3H2,1-2H3;23*1-2H3/b13-10+,14-11+,15-12+;;;;;;;;;;;;;;;;;;;;;;;;/t27?,28?,29?,30-,31+,35+,36+,38+,39-,40-,41-,42+;;;;;;;;;;;;;;;;;;;;;;;;/m1......................../s1. The monoisotopic (exact) mass is 1450 g/mol. The van der Waals surface area contributed by atoms with Crippen molar-refractivity contribution in [1.82, 2.24) is 0 Å². The molecule has 0 aromatic heterocycles. The summed E-state index contributed by atoms with van der Waals surface area (Å²) in [5.74, 6) is -1.38. The fourth-order valence-electron chi connectivity index (χ4n) is 12.2. The number of esters is 3. The van der Waals surface area contributed by atoms with Gasteiger partial charge in [0.05, 0.1) is 23.7 Å². The first-order chi connectivity index (χ1) is 48.2. The molecule has 0 aromatic rings. The summed E-state index contributed by atoms with van der Waals surface area (Å²) >= 11 is 0. The smallest absolute Gasteiger partial charge is 0.330 e. The minimum atomic E-state index is -1.30. The Morgan fingerprint density at radius 1 is 0.420 bits per heavy atom. The molecule has 5 aliphatic carbocycles. The lowest BCUT2D eigenvalue weighted by molar-refractivity contribution is -0.261. The first-order valence-electron chi connectivity index (χ1n) is 43.4. The van der Waals surface area contributed by atoms with Crippen LogP contribution in [0.4, 0.5) is 0 Å². The van der Waals surface area contributed by atoms with Crippen molar-refractivity contribution >= 4 is 17.9 Å². The number of aliphatic hydroxyl groups is 3. The fourth-order valence-corrected chi connectivity index (χ4v) is 12.2. The molecule has 3 N–H and O–H groups in total. The summed E-state index contributed by atoms with van der Waals surface area (Å²) in [6, 6.07) is 0. The highest BCUT2D eigenvalue weighted by atomic mass is 16.6. The molecule has 0 aliphatic heterocycles. The third kappa shape index (κ3) is 53.1. The highest BCUT2D eigenvalue weighted by Gasteiger charge is 2.73. The van der Waals surface area contributed by atoms with Gasteiger partial charge in [0.2, 0.25) is 0 Å². The predicted molar refractivity (Wildman–Crippen MR) is 471 cm³/mol. The average Bonchev–Trinajstić information content (AvgIpc) is 0.673. The van der Waals surface area contributed by atoms with Crippen LogP contribution >= 0.6 is 0 Å². The van der Waals surface area contributed by atoms with E-state index < -0.39 is 64.0 Å². The molecule has 5 aliphatic rings. The van der Waals surface area contributed by atoms with Crippen LogP contribution in [0.1, 0.15) is 446 Å². The topological polar surface area (TPSA) is 140 Å². The van der Waals surface area contributed by atoms with E-state index in [4.69, 9.17) is 14.2 Å². The number of aliphatic hydroxyl groups excluding tert-OH is 3. The van der Waals surface area contributed by atoms with Crippen LogP contribution in [0.25, 0.3) is 0 Å². The Balaban J connectivity index is -0.0000000612. The van der Waals surface area contributed by atoms with Crippen molar-refractivity contribution in [3.8, 4) is 0 Å². The van der Waals surface area contributed by atoms with Crippen molar-refractivity contribution in [2.24, 2.45) is 50.2 Å². The summed E-state index contributed by atoms with van der Waals surface area (Å²) in [7, 11) is 0. The van der Waals surface area contributed by atoms with Gasteiger partial charge in [-0.05, 0) is 105 Å². The van der Waals surface area contributed by atoms with Gasteiger partial charge in [0.1, 0.15) is 19.3 Å². The first kappa shape index (κ1) is 151. The van der Waals surface area contributed by atoms with E-state index in [0.717, 1.165) is 25.7 Å². The zero-order chi connectivity index (χ0) is 86.5. The molecular weight excluding hydrogens is 1240 g/mol. The molecule has 12 atom stereocenters. The molecule has 100 heavy (non-hydrogen) atoms. The van der Waals surface area contributed by atoms with Gasteiger partial charge < -0.3 is 29.5 Å². The van der Waals surface area contributed by atoms with Gasteiger partial charge in [-0.3, -0.25) is 0 Å². The van der Waals surface area contributed by atoms with Crippen molar-refractivity contribution in [3.63, 3.8) is 0 Å². The van der Waals surface area contributed by atoms with Gasteiger partial charge in [0.25, 0.3) is 0 Å². The Morgan fingerprint density at radius 3 is 1.03 bits per heavy atom. The number of carbonyl (C=O) groups is 3. The molecule has 0 aromatic carbocycles. The molecule has 5 rings (SSSR count). The quantitative estimate of drug-likeness (QED) is 0.0938. The third-order valence-electron chi connectivity index (χ3n) is 15.0. The maximum Gasteiger partial charge on any atom is 0.330 e. The fraction of sp³-hybridized carbons (Fsp3) is 0.879. The molecule has 9 heteroatoms. The Bertz CT molecular complexity index is 1520. The number of ether oxygens (including phenoxy) is 3. The van der Waals surface area contributed by atoms with E-state index in [9.17, 15) is 29.7 Å². The number of carbonyl (C=O) groups excluding carboxylic acids is 3. The van der Waals surface area contributed by atoms with E-state index in [-0.39, 0.29) is 41.8 Å². The van der Waals surface area contributed by atoms with E-state index >= 15 is 0 Å². The lowest BCUT2D eigenvalue weighted by Crippen LogP contribution is -2.72. The molecule has 3 unspecified atom stereocenters. The highest BCUT2D eigenvalue weighted by Crippen LogP contribution is 2.76. The predicted octanol–water partition coefficient (Wildman–Crippen LogP) is 31.4. The van der Waals surface area contributed by atoms with Crippen LogP contribution in [0, 0.1) is 50.2 Å². The van der Waals surface area contributed by atoms with Crippen LogP contribution < -0.4 is 0 Å². The summed E-state index contributed by atoms with van der Waals surface area (Å²) < 4.78 is 17.7. The Labute approximate surface area is 640 Å². The van der Waals surface area contributed by atoms with Crippen LogP contribution in [0.2, 0.25) is 0 Å². The second-order valence-electron chi connectivity index (χ2n) is 18.7. The van der Waals surface area contributed by atoms with Gasteiger partial charge >= 0.3 is 17.9 Å². The van der Waals surface area contributed by atoms with Crippen LogP contribution in [0.5, 0.6) is 0 Å². The second-order valence-corrected chi connectivity index (χ2v) is 18.7. The molecule has 0 amide bonds. The molecular formula is C91H208O9. The van der Waals surface area contributed by atoms with Gasteiger partial charge in [-0.1, -0.05) is 410 Å². The van der Waals surface area contributed by atoms with Crippen molar-refractivity contribution in [1.29, 1.82) is 0 Å². The first-order valence-corrected chi connectivity index (χ1v) is 43.4. The molecule has 4 saturated carbocycles. The molecule has 0 spiro atoms. The van der Waals surface area contributed by atoms with Crippen molar-refractivity contribution in [3.05, 3.63) is 48.1 Å². The zero-order valence-electron chi connectivity index (χ0n) is 80.9. The average molecular weight is 1450 g/mol. The van der Waals surface area contributed by atoms with E-state index in [1.807, 2.05) is 332 Å². The SMILES string of the molecule is C/C=C/C(=O)OC[C@@]12C(CC(C)(C)[C@@H](O)[C@@H]1O)C1=CCC3[C@@]4(C)CC[C@H](OC(=O)/C=C/C)[C@](C)(COC(=O)/C=C/C)C4CC[C@@]3(C)[C@]1(C)C[C@H]2O.CC.CC.CC.CC.CC.CC.CC.CC.CC.CC.CC.CC.CC.CC.CC.CC.CC.CC.CC.CC.CC.CC.CC.CCC. The van der Waals surface area contributed by atoms with Crippen LogP contribution in [-0.4, -0.2) is 70.9 Å². The zero-order valence-corrected chi connectivity index (χ0v) is 80.9. The molecule has 4 fully saturated rings. The largest absolute Gasteiger partial charge is 0.462 e. The number of hydrogen-bond donors (Lipinski definition) is 3. The van der Waals surface area contributed by atoms with Crippen LogP contribution in [-0.2, 0) is 28.6 Å². The Hall–Kier alpha value is -2.75. The van der Waals surface area contributed by atoms with E-state index in [2.05, 4.69) is 47.6 Å². The number of fused-ring (bicyclic) bond motifs is 7. The minimum Gasteiger partial charge on any atom is -0.462 e. The van der Waals surface area contributed by atoms with Gasteiger partial charge in [0.15, 0.2) is 0 Å². The Morgan fingerprint density at radius 2 is 0.720 bits per heavy atom. The summed E-state index contributed by atoms with van der Waals surface area (Å²) in [6.45, 7) is 115. The Kier molecular flexibility index (Phi) is 177. The van der Waals surface area contributed by atoms with Gasteiger partial charge in [0, 0.05) is 23.6 Å². The summed E-state index contributed by atoms with van der Waals surface area (Å²) in [4.78, 5) is 38.0. The maximum absolute atomic E-state index is 12.8. The van der Waals surface area contributed by atoms with E-state index in [1.54, 1.807) is 39.0 Å². The third-order valence-corrected chi connectivity index (χ3v) is 15.0. The summed E-state index contributed by atoms with van der Waals surface area (Å²) in [5.41, 5.74) is -2.24. The lowest BCUT2D eigenvalue weighted by Gasteiger charge is -2.72. The van der Waals surface area contributed by atoms with E-state index in [1.165, 1.54) is 30.2 Å². The summed E-state index contributed by atoms with van der Waals surface area (Å²) in [6.07, 6.45) is 13.6.